The van der Waals surface area contributed by atoms with Gasteiger partial charge in [-0.15, -0.1) is 0 Å². The van der Waals surface area contributed by atoms with Crippen LogP contribution in [0.15, 0.2) is 24.3 Å². The first kappa shape index (κ1) is 8.08. The quantitative estimate of drug-likeness (QED) is 0.664. The van der Waals surface area contributed by atoms with Crippen LogP contribution in [0.1, 0.15) is 5.56 Å². The van der Waals surface area contributed by atoms with Crippen molar-refractivity contribution < 1.29 is 4.74 Å². The molecule has 0 unspecified atom stereocenters. The Morgan fingerprint density at radius 2 is 2.09 bits per heavy atom. The Kier molecular flexibility index (Phi) is 2.93. The SMILES string of the molecule is COCCc1ccccc1N. The number of rotatable bonds is 3. The van der Waals surface area contributed by atoms with Crippen molar-refractivity contribution in [1.29, 1.82) is 0 Å². The average Bonchev–Trinajstić information content (AvgIpc) is 2.03. The van der Waals surface area contributed by atoms with Crippen molar-refractivity contribution in [1.82, 2.24) is 0 Å². The summed E-state index contributed by atoms with van der Waals surface area (Å²) in [5, 5.41) is 0. The highest BCUT2D eigenvalue weighted by atomic mass is 16.5. The molecule has 60 valence electrons. The van der Waals surface area contributed by atoms with E-state index in [1.807, 2.05) is 24.3 Å². The molecular formula is C9H13NO. The summed E-state index contributed by atoms with van der Waals surface area (Å²) in [5.74, 6) is 0. The van der Waals surface area contributed by atoms with Gasteiger partial charge in [0.25, 0.3) is 0 Å². The number of ether oxygens (including phenoxy) is 1. The Balaban J connectivity index is 2.62. The molecule has 0 heterocycles. The van der Waals surface area contributed by atoms with Crippen LogP contribution in [0.2, 0.25) is 0 Å². The number of hydrogen-bond donors (Lipinski definition) is 1. The van der Waals surface area contributed by atoms with Gasteiger partial charge in [0.1, 0.15) is 0 Å². The van der Waals surface area contributed by atoms with Gasteiger partial charge in [0.15, 0.2) is 0 Å². The zero-order valence-corrected chi connectivity index (χ0v) is 6.71. The molecule has 2 heteroatoms. The van der Waals surface area contributed by atoms with Gasteiger partial charge in [0.2, 0.25) is 0 Å². The number of methoxy groups -OCH3 is 1. The molecule has 0 radical (unpaired) electrons. The van der Waals surface area contributed by atoms with E-state index in [9.17, 15) is 0 Å². The van der Waals surface area contributed by atoms with Crippen LogP contribution in [-0.2, 0) is 11.2 Å². The molecule has 0 saturated carbocycles. The van der Waals surface area contributed by atoms with Crippen molar-refractivity contribution in [2.75, 3.05) is 19.5 Å². The van der Waals surface area contributed by atoms with E-state index in [0.29, 0.717) is 0 Å². The molecule has 11 heavy (non-hydrogen) atoms. The van der Waals surface area contributed by atoms with Crippen molar-refractivity contribution in [3.8, 4) is 0 Å². The highest BCUT2D eigenvalue weighted by molar-refractivity contribution is 5.46. The van der Waals surface area contributed by atoms with E-state index in [1.54, 1.807) is 7.11 Å². The molecule has 0 aliphatic carbocycles. The third-order valence-electron chi connectivity index (χ3n) is 1.63. The van der Waals surface area contributed by atoms with E-state index in [4.69, 9.17) is 10.5 Å². The number of benzene rings is 1. The van der Waals surface area contributed by atoms with Crippen LogP contribution >= 0.6 is 0 Å². The number of para-hydroxylation sites is 1. The molecule has 0 aromatic heterocycles. The lowest BCUT2D eigenvalue weighted by Gasteiger charge is -2.02. The van der Waals surface area contributed by atoms with Crippen LogP contribution < -0.4 is 5.73 Å². The third-order valence-corrected chi connectivity index (χ3v) is 1.63. The largest absolute Gasteiger partial charge is 0.399 e. The summed E-state index contributed by atoms with van der Waals surface area (Å²) in [6.45, 7) is 0.730. The zero-order chi connectivity index (χ0) is 8.10. The highest BCUT2D eigenvalue weighted by Gasteiger charge is 1.95. The first-order valence-corrected chi connectivity index (χ1v) is 3.67. The van der Waals surface area contributed by atoms with Crippen molar-refractivity contribution in [2.45, 2.75) is 6.42 Å². The molecule has 0 spiro atoms. The molecule has 0 aliphatic heterocycles. The highest BCUT2D eigenvalue weighted by Crippen LogP contribution is 2.10. The molecule has 1 aromatic carbocycles. The maximum Gasteiger partial charge on any atom is 0.0503 e. The lowest BCUT2D eigenvalue weighted by atomic mass is 10.1. The van der Waals surface area contributed by atoms with Crippen LogP contribution in [0, 0.1) is 0 Å². The minimum absolute atomic E-state index is 0.730. The molecule has 1 rings (SSSR count). The van der Waals surface area contributed by atoms with Gasteiger partial charge in [-0.3, -0.25) is 0 Å². The van der Waals surface area contributed by atoms with E-state index >= 15 is 0 Å². The lowest BCUT2D eigenvalue weighted by molar-refractivity contribution is 0.202. The predicted molar refractivity (Wildman–Crippen MR) is 46.4 cm³/mol. The van der Waals surface area contributed by atoms with Gasteiger partial charge in [-0.1, -0.05) is 18.2 Å². The monoisotopic (exact) mass is 151 g/mol. The summed E-state index contributed by atoms with van der Waals surface area (Å²) in [7, 11) is 1.69. The van der Waals surface area contributed by atoms with Gasteiger partial charge in [-0.25, -0.2) is 0 Å². The maximum absolute atomic E-state index is 5.71. The molecule has 0 bridgehead atoms. The smallest absolute Gasteiger partial charge is 0.0503 e. The fourth-order valence-electron chi connectivity index (χ4n) is 0.974. The Hall–Kier alpha value is -1.02. The third kappa shape index (κ3) is 2.24. The van der Waals surface area contributed by atoms with Crippen molar-refractivity contribution in [2.24, 2.45) is 0 Å². The van der Waals surface area contributed by atoms with Crippen LogP contribution in [0.3, 0.4) is 0 Å². The van der Waals surface area contributed by atoms with Gasteiger partial charge in [0, 0.05) is 12.8 Å². The topological polar surface area (TPSA) is 35.2 Å². The van der Waals surface area contributed by atoms with E-state index in [1.165, 1.54) is 0 Å². The summed E-state index contributed by atoms with van der Waals surface area (Å²) in [4.78, 5) is 0. The molecule has 0 fully saturated rings. The molecular weight excluding hydrogens is 138 g/mol. The van der Waals surface area contributed by atoms with Gasteiger partial charge < -0.3 is 10.5 Å². The van der Waals surface area contributed by atoms with Gasteiger partial charge in [-0.2, -0.15) is 0 Å². The summed E-state index contributed by atoms with van der Waals surface area (Å²) in [6, 6.07) is 7.85. The van der Waals surface area contributed by atoms with Gasteiger partial charge in [-0.05, 0) is 18.1 Å². The zero-order valence-electron chi connectivity index (χ0n) is 6.71. The summed E-state index contributed by atoms with van der Waals surface area (Å²) in [6.07, 6.45) is 0.892. The van der Waals surface area contributed by atoms with E-state index < -0.39 is 0 Å². The normalized spacial score (nSPS) is 9.91. The van der Waals surface area contributed by atoms with Crippen LogP contribution in [0.4, 0.5) is 5.69 Å². The lowest BCUT2D eigenvalue weighted by Crippen LogP contribution is -1.98. The molecule has 0 aliphatic rings. The van der Waals surface area contributed by atoms with Crippen molar-refractivity contribution in [3.63, 3.8) is 0 Å². The van der Waals surface area contributed by atoms with E-state index in [0.717, 1.165) is 24.3 Å². The Bertz CT molecular complexity index is 223. The molecule has 2 N–H and O–H groups in total. The molecule has 0 saturated heterocycles. The number of anilines is 1. The Morgan fingerprint density at radius 1 is 1.36 bits per heavy atom. The molecule has 0 atom stereocenters. The Morgan fingerprint density at radius 3 is 2.73 bits per heavy atom. The second-order valence-electron chi connectivity index (χ2n) is 2.44. The summed E-state index contributed by atoms with van der Waals surface area (Å²) < 4.78 is 4.95. The fourth-order valence-corrected chi connectivity index (χ4v) is 0.974. The van der Waals surface area contributed by atoms with Gasteiger partial charge in [0.05, 0.1) is 6.61 Å². The van der Waals surface area contributed by atoms with Crippen molar-refractivity contribution >= 4 is 5.69 Å². The number of hydrogen-bond acceptors (Lipinski definition) is 2. The second kappa shape index (κ2) is 3.98. The molecule has 1 aromatic rings. The maximum atomic E-state index is 5.71. The number of nitrogens with two attached hydrogens (primary N) is 1. The summed E-state index contributed by atoms with van der Waals surface area (Å²) >= 11 is 0. The standard InChI is InChI=1S/C9H13NO/c1-11-7-6-8-4-2-3-5-9(8)10/h2-5H,6-7,10H2,1H3. The van der Waals surface area contributed by atoms with Crippen molar-refractivity contribution in [3.05, 3.63) is 29.8 Å². The first-order valence-electron chi connectivity index (χ1n) is 3.67. The number of nitrogen functional groups attached to an aromatic ring is 1. The predicted octanol–water partition coefficient (Wildman–Crippen LogP) is 1.46. The van der Waals surface area contributed by atoms with Gasteiger partial charge >= 0.3 is 0 Å². The summed E-state index contributed by atoms with van der Waals surface area (Å²) in [5.41, 5.74) is 7.72. The minimum Gasteiger partial charge on any atom is -0.399 e. The van der Waals surface area contributed by atoms with E-state index in [-0.39, 0.29) is 0 Å². The van der Waals surface area contributed by atoms with Crippen LogP contribution in [0.5, 0.6) is 0 Å². The molecule has 0 amide bonds. The van der Waals surface area contributed by atoms with E-state index in [2.05, 4.69) is 0 Å². The Labute approximate surface area is 67.0 Å². The van der Waals surface area contributed by atoms with Crippen LogP contribution in [-0.4, -0.2) is 13.7 Å². The molecule has 2 nitrogen and oxygen atoms in total. The second-order valence-corrected chi connectivity index (χ2v) is 2.44. The average molecular weight is 151 g/mol. The first-order chi connectivity index (χ1) is 5.34. The van der Waals surface area contributed by atoms with Crippen LogP contribution in [0.25, 0.3) is 0 Å². The fraction of sp³-hybridized carbons (Fsp3) is 0.333. The minimum atomic E-state index is 0.730.